The SMILES string of the molecule is C#C[C@]1(O)CC[C@H]2[C@@H]3CCc4cc(O)ccc4[C@H]3CC[C@@]21C.C#C[C@]1(O)CC[C@H]2[C@@H]3CCc4cc(O)ccc4[C@H]3CC[C@@]21C.CC/C(=C(\c1ccccc1)c1ccc(OCCN(C)C)cc1)c1ccccc1.Cl. The van der Waals surface area contributed by atoms with Crippen molar-refractivity contribution in [2.24, 2.45) is 34.5 Å². The molecule has 10 atom stereocenters. The van der Waals surface area contributed by atoms with Crippen LogP contribution in [0.2, 0.25) is 0 Å². The average Bonchev–Trinajstić information content (AvgIpc) is 3.84. The normalized spacial score (nSPS) is 30.4. The summed E-state index contributed by atoms with van der Waals surface area (Å²) in [6, 6.07) is 41.6. The van der Waals surface area contributed by atoms with Crippen molar-refractivity contribution in [2.75, 3.05) is 27.2 Å². The van der Waals surface area contributed by atoms with Crippen LogP contribution in [0.1, 0.15) is 142 Å². The number of terminal acetylenes is 2. The van der Waals surface area contributed by atoms with Crippen molar-refractivity contribution in [3.8, 4) is 41.9 Å². The number of aryl methyl sites for hydroxylation is 2. The van der Waals surface area contributed by atoms with Crippen LogP contribution in [0.5, 0.6) is 17.2 Å². The minimum Gasteiger partial charge on any atom is -0.508 e. The Bertz CT molecular complexity index is 2700. The molecule has 384 valence electrons. The van der Waals surface area contributed by atoms with Crippen LogP contribution in [0.25, 0.3) is 11.1 Å². The van der Waals surface area contributed by atoms with Gasteiger partial charge in [-0.3, -0.25) is 0 Å². The van der Waals surface area contributed by atoms with E-state index in [1.54, 1.807) is 0 Å². The zero-order chi connectivity index (χ0) is 50.8. The van der Waals surface area contributed by atoms with E-state index in [1.165, 1.54) is 50.1 Å². The van der Waals surface area contributed by atoms with Crippen LogP contribution >= 0.6 is 12.4 Å². The highest BCUT2D eigenvalue weighted by Gasteiger charge is 2.62. The summed E-state index contributed by atoms with van der Waals surface area (Å²) in [5.74, 6) is 10.5. The van der Waals surface area contributed by atoms with Gasteiger partial charge in [0.1, 0.15) is 35.1 Å². The smallest absolute Gasteiger partial charge is 0.130 e. The molecular formula is C66H78ClNO5. The molecule has 0 spiro atoms. The number of ether oxygens (including phenoxy) is 1. The molecule has 4 saturated carbocycles. The lowest BCUT2D eigenvalue weighted by molar-refractivity contribution is -0.0647. The van der Waals surface area contributed by atoms with Gasteiger partial charge in [-0.2, -0.15) is 0 Å². The second-order valence-corrected chi connectivity index (χ2v) is 22.7. The van der Waals surface area contributed by atoms with Crippen LogP contribution in [0, 0.1) is 59.2 Å². The van der Waals surface area contributed by atoms with Crippen molar-refractivity contribution in [1.29, 1.82) is 0 Å². The van der Waals surface area contributed by atoms with Crippen molar-refractivity contribution in [1.82, 2.24) is 4.90 Å². The molecule has 0 radical (unpaired) electrons. The first-order valence-electron chi connectivity index (χ1n) is 26.9. The molecule has 73 heavy (non-hydrogen) atoms. The van der Waals surface area contributed by atoms with Crippen LogP contribution < -0.4 is 4.74 Å². The van der Waals surface area contributed by atoms with Crippen LogP contribution in [0.4, 0.5) is 0 Å². The van der Waals surface area contributed by atoms with E-state index >= 15 is 0 Å². The molecule has 5 aromatic carbocycles. The summed E-state index contributed by atoms with van der Waals surface area (Å²) >= 11 is 0. The van der Waals surface area contributed by atoms with E-state index in [0.717, 1.165) is 95.8 Å². The zero-order valence-corrected chi connectivity index (χ0v) is 44.6. The molecule has 4 N–H and O–H groups in total. The number of phenolic OH excluding ortho intramolecular Hbond substituents is 2. The first-order valence-corrected chi connectivity index (χ1v) is 26.9. The van der Waals surface area contributed by atoms with Gasteiger partial charge in [0.05, 0.1) is 0 Å². The number of rotatable bonds is 8. The number of nitrogens with zero attached hydrogens (tertiary/aromatic N) is 1. The Morgan fingerprint density at radius 3 is 1.49 bits per heavy atom. The second kappa shape index (κ2) is 22.2. The zero-order valence-electron chi connectivity index (χ0n) is 43.8. The van der Waals surface area contributed by atoms with Crippen molar-refractivity contribution in [3.05, 3.63) is 160 Å². The number of hydrogen-bond donors (Lipinski definition) is 4. The van der Waals surface area contributed by atoms with E-state index < -0.39 is 11.2 Å². The third-order valence-electron chi connectivity index (χ3n) is 19.0. The summed E-state index contributed by atoms with van der Waals surface area (Å²) < 4.78 is 5.87. The van der Waals surface area contributed by atoms with Gasteiger partial charge in [-0.15, -0.1) is 25.3 Å². The molecule has 11 rings (SSSR count). The lowest BCUT2D eigenvalue weighted by atomic mass is 9.53. The molecule has 0 saturated heterocycles. The van der Waals surface area contributed by atoms with Crippen LogP contribution in [-0.4, -0.2) is 63.8 Å². The van der Waals surface area contributed by atoms with Gasteiger partial charge in [-0.05, 0) is 220 Å². The number of aromatic hydroxyl groups is 2. The lowest BCUT2D eigenvalue weighted by Gasteiger charge is -2.52. The van der Waals surface area contributed by atoms with E-state index in [-0.39, 0.29) is 23.2 Å². The van der Waals surface area contributed by atoms with E-state index in [2.05, 4.69) is 149 Å². The summed E-state index contributed by atoms with van der Waals surface area (Å²) in [5, 5.41) is 41.3. The molecule has 0 aromatic heterocycles. The molecule has 4 fully saturated rings. The summed E-state index contributed by atoms with van der Waals surface area (Å²) in [4.78, 5) is 2.12. The molecule has 6 aliphatic rings. The Balaban J connectivity index is 0.000000146. The van der Waals surface area contributed by atoms with Gasteiger partial charge in [0.2, 0.25) is 0 Å². The largest absolute Gasteiger partial charge is 0.508 e. The summed E-state index contributed by atoms with van der Waals surface area (Å²) in [7, 11) is 4.11. The van der Waals surface area contributed by atoms with Gasteiger partial charge in [0, 0.05) is 17.4 Å². The van der Waals surface area contributed by atoms with E-state index in [0.29, 0.717) is 53.6 Å². The fourth-order valence-electron chi connectivity index (χ4n) is 15.0. The molecule has 6 nitrogen and oxygen atoms in total. The molecule has 0 aliphatic heterocycles. The number of allylic oxidation sites excluding steroid dienone is 1. The predicted molar refractivity (Wildman–Crippen MR) is 300 cm³/mol. The van der Waals surface area contributed by atoms with Crippen LogP contribution in [0.15, 0.2) is 121 Å². The highest BCUT2D eigenvalue weighted by atomic mass is 35.5. The van der Waals surface area contributed by atoms with Crippen molar-refractivity contribution >= 4 is 23.6 Å². The second-order valence-electron chi connectivity index (χ2n) is 22.7. The number of phenols is 2. The van der Waals surface area contributed by atoms with Gasteiger partial charge in [0.15, 0.2) is 0 Å². The van der Waals surface area contributed by atoms with Crippen LogP contribution in [-0.2, 0) is 12.8 Å². The Hall–Kier alpha value is -5.47. The average molecular weight is 1000 g/mol. The Morgan fingerprint density at radius 2 is 1.05 bits per heavy atom. The van der Waals surface area contributed by atoms with Gasteiger partial charge in [-0.1, -0.05) is 118 Å². The van der Waals surface area contributed by atoms with E-state index in [9.17, 15) is 20.4 Å². The fourth-order valence-corrected chi connectivity index (χ4v) is 15.0. The Labute approximate surface area is 442 Å². The van der Waals surface area contributed by atoms with Crippen molar-refractivity contribution < 1.29 is 25.2 Å². The molecule has 7 heteroatoms. The van der Waals surface area contributed by atoms with Crippen LogP contribution in [0.3, 0.4) is 0 Å². The maximum Gasteiger partial charge on any atom is 0.130 e. The molecule has 0 bridgehead atoms. The lowest BCUT2D eigenvalue weighted by Crippen LogP contribution is -2.50. The monoisotopic (exact) mass is 1000 g/mol. The van der Waals surface area contributed by atoms with Gasteiger partial charge in [-0.25, -0.2) is 0 Å². The first kappa shape index (κ1) is 53.8. The molecule has 0 amide bonds. The molecule has 5 aromatic rings. The quantitative estimate of drug-likeness (QED) is 0.0914. The predicted octanol–water partition coefficient (Wildman–Crippen LogP) is 13.6. The third kappa shape index (κ3) is 10.2. The summed E-state index contributed by atoms with van der Waals surface area (Å²) in [5.41, 5.74) is 9.75. The summed E-state index contributed by atoms with van der Waals surface area (Å²) in [6.07, 6.45) is 24.5. The number of fused-ring (bicyclic) bond motifs is 10. The number of halogens is 1. The number of benzene rings is 5. The maximum absolute atomic E-state index is 10.9. The number of aliphatic hydroxyl groups is 2. The third-order valence-corrected chi connectivity index (χ3v) is 19.0. The van der Waals surface area contributed by atoms with Gasteiger partial charge >= 0.3 is 0 Å². The number of hydrogen-bond acceptors (Lipinski definition) is 6. The van der Waals surface area contributed by atoms with Crippen molar-refractivity contribution in [2.45, 2.75) is 127 Å². The van der Waals surface area contributed by atoms with Crippen molar-refractivity contribution in [3.63, 3.8) is 0 Å². The number of likely N-dealkylation sites (N-methyl/N-ethyl adjacent to an activating group) is 1. The standard InChI is InChI=1S/C26H29NO.2C20H24O2.ClH/c1-4-25(21-11-7-5-8-12-21)26(22-13-9-6-10-14-22)23-15-17-24(18-16-23)28-20-19-27(2)3;2*1-3-20(22)11-9-18-17-6-4-13-12-14(21)5-7-15(13)16(17)8-10-19(18,20)2;/h5-18H,4,19-20H2,1-3H3;2*1,5,7,12,16-18,21-22H,4,6,8-11H2,2H3;1H/b26-25-;;;/t;2*16-,17-,18+,19+,20+;/m.11./s1. The Morgan fingerprint density at radius 1 is 0.603 bits per heavy atom. The molecule has 0 unspecified atom stereocenters. The van der Waals surface area contributed by atoms with E-state index in [4.69, 9.17) is 17.6 Å². The topological polar surface area (TPSA) is 93.4 Å². The van der Waals surface area contributed by atoms with Gasteiger partial charge < -0.3 is 30.1 Å². The molecule has 6 aliphatic carbocycles. The Kier molecular flexibility index (Phi) is 16.3. The fraction of sp³-hybridized carbons (Fsp3) is 0.455. The summed E-state index contributed by atoms with van der Waals surface area (Å²) in [6.45, 7) is 8.26. The molecule has 0 heterocycles. The highest BCUT2D eigenvalue weighted by Crippen LogP contribution is 2.65. The van der Waals surface area contributed by atoms with E-state index in [1.807, 2.05) is 24.3 Å². The van der Waals surface area contributed by atoms with Gasteiger partial charge in [0.25, 0.3) is 0 Å². The highest BCUT2D eigenvalue weighted by molar-refractivity contribution is 5.98. The first-order chi connectivity index (χ1) is 34.7. The minimum absolute atomic E-state index is 0. The minimum atomic E-state index is -0.919. The molecular weight excluding hydrogens is 922 g/mol. The maximum atomic E-state index is 10.9.